The molecule has 41 heavy (non-hydrogen) atoms. The van der Waals surface area contributed by atoms with Crippen LogP contribution in [0.3, 0.4) is 0 Å². The number of hydrogen-bond acceptors (Lipinski definition) is 5. The number of nitriles is 1. The van der Waals surface area contributed by atoms with E-state index in [0.717, 1.165) is 16.6 Å². The fourth-order valence-electron chi connectivity index (χ4n) is 5.65. The Kier molecular flexibility index (Phi) is 9.51. The number of carbonyl (C=O) groups is 2. The highest BCUT2D eigenvalue weighted by Crippen LogP contribution is 2.25. The van der Waals surface area contributed by atoms with E-state index < -0.39 is 16.1 Å². The van der Waals surface area contributed by atoms with Gasteiger partial charge in [0.25, 0.3) is 0 Å². The van der Waals surface area contributed by atoms with Gasteiger partial charge in [0, 0.05) is 44.4 Å². The van der Waals surface area contributed by atoms with E-state index in [-0.39, 0.29) is 47.2 Å². The van der Waals surface area contributed by atoms with Crippen LogP contribution in [0.25, 0.3) is 10.9 Å². The average Bonchev–Trinajstić information content (AvgIpc) is 3.10. The summed E-state index contributed by atoms with van der Waals surface area (Å²) in [6.07, 6.45) is 2.36. The highest BCUT2D eigenvalue weighted by atomic mass is 32.2. The number of benzene rings is 2. The summed E-state index contributed by atoms with van der Waals surface area (Å²) in [5.41, 5.74) is 2.04. The Labute approximate surface area is 242 Å². The van der Waals surface area contributed by atoms with Crippen molar-refractivity contribution in [2.45, 2.75) is 62.9 Å². The minimum Gasteiger partial charge on any atom is -0.347 e. The predicted molar refractivity (Wildman–Crippen MR) is 158 cm³/mol. The topological polar surface area (TPSA) is 116 Å². The molecule has 2 atom stereocenters. The Hall–Kier alpha value is -3.68. The molecule has 3 aromatic rings. The first-order valence-electron chi connectivity index (χ1n) is 14.1. The van der Waals surface area contributed by atoms with Crippen molar-refractivity contribution in [2.24, 2.45) is 13.0 Å². The van der Waals surface area contributed by atoms with Gasteiger partial charge in [-0.1, -0.05) is 44.2 Å². The molecule has 0 saturated carbocycles. The Bertz CT molecular complexity index is 1560. The minimum atomic E-state index is -3.84. The third kappa shape index (κ3) is 6.80. The van der Waals surface area contributed by atoms with Crippen molar-refractivity contribution in [1.82, 2.24) is 19.1 Å². The normalized spacial score (nSPS) is 17.1. The summed E-state index contributed by atoms with van der Waals surface area (Å²) in [6.45, 7) is 4.60. The standard InChI is InChI=1S/C31H39N5O4S/c1-22(2)18-27(33-30(37)20-26-19-23-10-5-7-13-28(23)34(26)3)31(38)35(4)25-12-9-16-36(17-15-25)41(39,40)29-14-8-6-11-24(29)21-32/h5-8,10-11,13-14,19,22,25,27H,9,12,15-18,20H2,1-4H3,(H,33,37)/t25?,27-/m0/s1. The third-order valence-corrected chi connectivity index (χ3v) is 9.87. The highest BCUT2D eigenvalue weighted by Gasteiger charge is 2.33. The van der Waals surface area contributed by atoms with Gasteiger partial charge in [0.05, 0.1) is 16.9 Å². The van der Waals surface area contributed by atoms with Crippen LogP contribution in [-0.4, -0.2) is 66.2 Å². The SMILES string of the molecule is CC(C)C[C@H](NC(=O)Cc1cc2ccccc2n1C)C(=O)N(C)C1CCCN(S(=O)(=O)c2ccccc2C#N)CC1. The van der Waals surface area contributed by atoms with Gasteiger partial charge in [0.2, 0.25) is 21.8 Å². The van der Waals surface area contributed by atoms with E-state index in [9.17, 15) is 23.3 Å². The molecule has 1 fully saturated rings. The second-order valence-electron chi connectivity index (χ2n) is 11.2. The van der Waals surface area contributed by atoms with Gasteiger partial charge in [-0.25, -0.2) is 8.42 Å². The molecule has 218 valence electrons. The van der Waals surface area contributed by atoms with Crippen LogP contribution in [0.5, 0.6) is 0 Å². The molecule has 1 aliphatic heterocycles. The van der Waals surface area contributed by atoms with Crippen molar-refractivity contribution < 1.29 is 18.0 Å². The maximum atomic E-state index is 13.7. The number of nitrogens with one attached hydrogen (secondary N) is 1. The van der Waals surface area contributed by atoms with E-state index in [1.165, 1.54) is 16.4 Å². The van der Waals surface area contributed by atoms with Crippen LogP contribution in [0.1, 0.15) is 50.8 Å². The van der Waals surface area contributed by atoms with Crippen LogP contribution < -0.4 is 5.32 Å². The van der Waals surface area contributed by atoms with Crippen molar-refractivity contribution in [3.05, 3.63) is 65.9 Å². The monoisotopic (exact) mass is 577 g/mol. The summed E-state index contributed by atoms with van der Waals surface area (Å²) in [5.74, 6) is -0.192. The van der Waals surface area contributed by atoms with Crippen LogP contribution in [0, 0.1) is 17.2 Å². The van der Waals surface area contributed by atoms with Gasteiger partial charge in [0.1, 0.15) is 12.1 Å². The van der Waals surface area contributed by atoms with Gasteiger partial charge < -0.3 is 14.8 Å². The Morgan fingerprint density at radius 1 is 1.10 bits per heavy atom. The van der Waals surface area contributed by atoms with Gasteiger partial charge in [-0.3, -0.25) is 9.59 Å². The van der Waals surface area contributed by atoms with Crippen LogP contribution in [-0.2, 0) is 33.1 Å². The van der Waals surface area contributed by atoms with Gasteiger partial charge in [0.15, 0.2) is 0 Å². The zero-order chi connectivity index (χ0) is 29.7. The lowest BCUT2D eigenvalue weighted by Crippen LogP contribution is -2.51. The Morgan fingerprint density at radius 3 is 2.51 bits per heavy atom. The molecule has 1 unspecified atom stereocenters. The molecule has 2 heterocycles. The molecule has 2 amide bonds. The summed E-state index contributed by atoms with van der Waals surface area (Å²) in [4.78, 5) is 28.5. The molecular formula is C31H39N5O4S. The molecule has 9 nitrogen and oxygen atoms in total. The number of sulfonamides is 1. The van der Waals surface area contributed by atoms with Crippen LogP contribution in [0.15, 0.2) is 59.5 Å². The van der Waals surface area contributed by atoms with Crippen molar-refractivity contribution in [2.75, 3.05) is 20.1 Å². The Balaban J connectivity index is 1.43. The Morgan fingerprint density at radius 2 is 1.80 bits per heavy atom. The predicted octanol–water partition coefficient (Wildman–Crippen LogP) is 3.83. The molecule has 4 rings (SSSR count). The molecule has 1 aromatic heterocycles. The number of aromatic nitrogens is 1. The van der Waals surface area contributed by atoms with E-state index in [2.05, 4.69) is 5.32 Å². The van der Waals surface area contributed by atoms with Crippen LogP contribution in [0.4, 0.5) is 0 Å². The first-order valence-corrected chi connectivity index (χ1v) is 15.6. The largest absolute Gasteiger partial charge is 0.347 e. The number of rotatable bonds is 9. The number of likely N-dealkylation sites (N-methyl/N-ethyl adjacent to an activating group) is 1. The fourth-order valence-corrected chi connectivity index (χ4v) is 7.28. The summed E-state index contributed by atoms with van der Waals surface area (Å²) in [5, 5.41) is 13.5. The lowest BCUT2D eigenvalue weighted by Gasteiger charge is -2.32. The second kappa shape index (κ2) is 12.9. The maximum Gasteiger partial charge on any atom is 0.245 e. The average molecular weight is 578 g/mol. The number of aryl methyl sites for hydroxylation is 1. The molecule has 2 aromatic carbocycles. The molecule has 0 spiro atoms. The molecule has 1 saturated heterocycles. The second-order valence-corrected chi connectivity index (χ2v) is 13.1. The fraction of sp³-hybridized carbons (Fsp3) is 0.452. The number of carbonyl (C=O) groups excluding carboxylic acids is 2. The summed E-state index contributed by atoms with van der Waals surface area (Å²) in [7, 11) is -0.164. The van der Waals surface area contributed by atoms with Crippen molar-refractivity contribution >= 4 is 32.7 Å². The van der Waals surface area contributed by atoms with Crippen molar-refractivity contribution in [3.63, 3.8) is 0 Å². The highest BCUT2D eigenvalue weighted by molar-refractivity contribution is 7.89. The molecule has 0 aliphatic carbocycles. The minimum absolute atomic E-state index is 0.0104. The molecular weight excluding hydrogens is 538 g/mol. The number of hydrogen-bond donors (Lipinski definition) is 1. The molecule has 10 heteroatoms. The van der Waals surface area contributed by atoms with Gasteiger partial charge in [-0.15, -0.1) is 0 Å². The third-order valence-electron chi connectivity index (χ3n) is 7.91. The summed E-state index contributed by atoms with van der Waals surface area (Å²) >= 11 is 0. The maximum absolute atomic E-state index is 13.7. The van der Waals surface area contributed by atoms with Crippen LogP contribution in [0.2, 0.25) is 0 Å². The van der Waals surface area contributed by atoms with Gasteiger partial charge in [-0.2, -0.15) is 9.57 Å². The van der Waals surface area contributed by atoms with Crippen LogP contribution >= 0.6 is 0 Å². The number of para-hydroxylation sites is 1. The van der Waals surface area contributed by atoms with E-state index >= 15 is 0 Å². The molecule has 1 aliphatic rings. The van der Waals surface area contributed by atoms with E-state index in [4.69, 9.17) is 0 Å². The molecule has 0 radical (unpaired) electrons. The molecule has 1 N–H and O–H groups in total. The van der Waals surface area contributed by atoms with Gasteiger partial charge in [-0.05, 0) is 61.3 Å². The number of fused-ring (bicyclic) bond motifs is 1. The lowest BCUT2D eigenvalue weighted by molar-refractivity contribution is -0.137. The summed E-state index contributed by atoms with van der Waals surface area (Å²) < 4.78 is 30.1. The number of amides is 2. The summed E-state index contributed by atoms with van der Waals surface area (Å²) in [6, 6.07) is 17.3. The van der Waals surface area contributed by atoms with Crippen molar-refractivity contribution in [3.8, 4) is 6.07 Å². The van der Waals surface area contributed by atoms with Crippen molar-refractivity contribution in [1.29, 1.82) is 5.26 Å². The van der Waals surface area contributed by atoms with E-state index in [1.807, 2.05) is 61.9 Å². The molecule has 0 bridgehead atoms. The first kappa shape index (κ1) is 30.3. The zero-order valence-electron chi connectivity index (χ0n) is 24.2. The lowest BCUT2D eigenvalue weighted by atomic mass is 10.0. The zero-order valence-corrected chi connectivity index (χ0v) is 25.0. The quantitative estimate of drug-likeness (QED) is 0.415. The first-order chi connectivity index (χ1) is 19.5. The number of nitrogens with zero attached hydrogens (tertiary/aromatic N) is 4. The smallest absolute Gasteiger partial charge is 0.245 e. The van der Waals surface area contributed by atoms with E-state index in [1.54, 1.807) is 24.1 Å². The van der Waals surface area contributed by atoms with E-state index in [0.29, 0.717) is 32.2 Å². The van der Waals surface area contributed by atoms with Gasteiger partial charge >= 0.3 is 0 Å².